The summed E-state index contributed by atoms with van der Waals surface area (Å²) in [5, 5.41) is 2.90. The first-order valence-electron chi connectivity index (χ1n) is 5.30. The van der Waals surface area contributed by atoms with Crippen LogP contribution in [0.25, 0.3) is 0 Å². The molecule has 0 aliphatic carbocycles. The summed E-state index contributed by atoms with van der Waals surface area (Å²) in [5.41, 5.74) is 0. The van der Waals surface area contributed by atoms with Crippen LogP contribution < -0.4 is 5.32 Å². The van der Waals surface area contributed by atoms with Crippen molar-refractivity contribution in [2.45, 2.75) is 32.2 Å². The standard InChI is InChI=1S/C10H19ClN2O/c1-9(13-6-2-3-7-13)8-12-10(14)4-5-11/h9H,2-8H2,1H3,(H,12,14). The summed E-state index contributed by atoms with van der Waals surface area (Å²) < 4.78 is 0. The number of hydrogen-bond acceptors (Lipinski definition) is 2. The van der Waals surface area contributed by atoms with E-state index in [0.29, 0.717) is 18.3 Å². The average Bonchev–Trinajstić information content (AvgIpc) is 2.67. The van der Waals surface area contributed by atoms with Gasteiger partial charge in [0, 0.05) is 24.9 Å². The molecule has 0 aromatic carbocycles. The Kier molecular flexibility index (Phi) is 5.26. The number of rotatable bonds is 5. The number of halogens is 1. The van der Waals surface area contributed by atoms with E-state index in [-0.39, 0.29) is 5.91 Å². The summed E-state index contributed by atoms with van der Waals surface area (Å²) in [6.45, 7) is 5.25. The summed E-state index contributed by atoms with van der Waals surface area (Å²) in [5.74, 6) is 0.468. The van der Waals surface area contributed by atoms with Crippen LogP contribution in [0.15, 0.2) is 0 Å². The van der Waals surface area contributed by atoms with Crippen LogP contribution in [-0.2, 0) is 4.79 Å². The third-order valence-electron chi connectivity index (χ3n) is 2.68. The second-order valence-corrected chi connectivity index (χ2v) is 4.21. The summed E-state index contributed by atoms with van der Waals surface area (Å²) in [7, 11) is 0. The largest absolute Gasteiger partial charge is 0.355 e. The average molecular weight is 219 g/mol. The molecule has 0 aromatic rings. The molecule has 1 atom stereocenters. The molecule has 0 radical (unpaired) electrons. The van der Waals surface area contributed by atoms with E-state index in [1.54, 1.807) is 0 Å². The lowest BCUT2D eigenvalue weighted by Crippen LogP contribution is -2.40. The van der Waals surface area contributed by atoms with Crippen molar-refractivity contribution in [3.63, 3.8) is 0 Å². The second kappa shape index (κ2) is 6.25. The maximum Gasteiger partial charge on any atom is 0.221 e. The Hall–Kier alpha value is -0.280. The Morgan fingerprint density at radius 2 is 2.14 bits per heavy atom. The number of carbonyl (C=O) groups excluding carboxylic acids is 1. The van der Waals surface area contributed by atoms with E-state index in [4.69, 9.17) is 11.6 Å². The van der Waals surface area contributed by atoms with Gasteiger partial charge in [-0.15, -0.1) is 11.6 Å². The van der Waals surface area contributed by atoms with Crippen LogP contribution in [0, 0.1) is 0 Å². The molecule has 14 heavy (non-hydrogen) atoms. The smallest absolute Gasteiger partial charge is 0.221 e. The van der Waals surface area contributed by atoms with Crippen LogP contribution in [0.3, 0.4) is 0 Å². The lowest BCUT2D eigenvalue weighted by atomic mass is 10.3. The molecule has 1 amide bonds. The summed E-state index contributed by atoms with van der Waals surface area (Å²) in [6.07, 6.45) is 3.01. The molecule has 1 unspecified atom stereocenters. The zero-order valence-electron chi connectivity index (χ0n) is 8.76. The number of likely N-dealkylation sites (tertiary alicyclic amines) is 1. The van der Waals surface area contributed by atoms with Gasteiger partial charge in [0.1, 0.15) is 0 Å². The normalized spacial score (nSPS) is 19.6. The molecule has 3 nitrogen and oxygen atoms in total. The summed E-state index contributed by atoms with van der Waals surface area (Å²) in [4.78, 5) is 13.6. The van der Waals surface area contributed by atoms with Crippen molar-refractivity contribution in [2.24, 2.45) is 0 Å². The molecular formula is C10H19ClN2O. The van der Waals surface area contributed by atoms with E-state index in [9.17, 15) is 4.79 Å². The summed E-state index contributed by atoms with van der Waals surface area (Å²) in [6, 6.07) is 0.455. The lowest BCUT2D eigenvalue weighted by Gasteiger charge is -2.23. The highest BCUT2D eigenvalue weighted by Gasteiger charge is 2.17. The van der Waals surface area contributed by atoms with Crippen LogP contribution in [0.5, 0.6) is 0 Å². The van der Waals surface area contributed by atoms with E-state index >= 15 is 0 Å². The molecular weight excluding hydrogens is 200 g/mol. The number of nitrogens with one attached hydrogen (secondary N) is 1. The van der Waals surface area contributed by atoms with Crippen LogP contribution in [0.2, 0.25) is 0 Å². The van der Waals surface area contributed by atoms with Gasteiger partial charge < -0.3 is 5.32 Å². The third kappa shape index (κ3) is 3.84. The van der Waals surface area contributed by atoms with Gasteiger partial charge in [-0.25, -0.2) is 0 Å². The molecule has 4 heteroatoms. The molecule has 0 saturated carbocycles. The number of hydrogen-bond donors (Lipinski definition) is 1. The second-order valence-electron chi connectivity index (χ2n) is 3.84. The van der Waals surface area contributed by atoms with Crippen molar-refractivity contribution in [1.29, 1.82) is 0 Å². The molecule has 1 heterocycles. The first-order chi connectivity index (χ1) is 6.74. The van der Waals surface area contributed by atoms with Gasteiger partial charge in [-0.1, -0.05) is 0 Å². The van der Waals surface area contributed by atoms with E-state index < -0.39 is 0 Å². The predicted octanol–water partition coefficient (Wildman–Crippen LogP) is 1.22. The van der Waals surface area contributed by atoms with Crippen molar-refractivity contribution < 1.29 is 4.79 Å². The van der Waals surface area contributed by atoms with Gasteiger partial charge in [0.15, 0.2) is 0 Å². The molecule has 1 fully saturated rings. The van der Waals surface area contributed by atoms with E-state index in [0.717, 1.165) is 6.54 Å². The third-order valence-corrected chi connectivity index (χ3v) is 2.87. The minimum absolute atomic E-state index is 0.0612. The van der Waals surface area contributed by atoms with Crippen molar-refractivity contribution in [1.82, 2.24) is 10.2 Å². The highest BCUT2D eigenvalue weighted by Crippen LogP contribution is 2.10. The Morgan fingerprint density at radius 1 is 1.50 bits per heavy atom. The van der Waals surface area contributed by atoms with Crippen molar-refractivity contribution in [3.05, 3.63) is 0 Å². The molecule has 1 aliphatic heterocycles. The molecule has 1 N–H and O–H groups in total. The van der Waals surface area contributed by atoms with Crippen LogP contribution in [0.1, 0.15) is 26.2 Å². The SMILES string of the molecule is CC(CNC(=O)CCCl)N1CCCC1. The monoisotopic (exact) mass is 218 g/mol. The Labute approximate surface area is 90.8 Å². The van der Waals surface area contributed by atoms with Crippen molar-refractivity contribution in [3.8, 4) is 0 Å². The van der Waals surface area contributed by atoms with E-state index in [1.807, 2.05) is 0 Å². The van der Waals surface area contributed by atoms with Crippen LogP contribution in [0.4, 0.5) is 0 Å². The number of amides is 1. The fourth-order valence-corrected chi connectivity index (χ4v) is 1.92. The van der Waals surface area contributed by atoms with Gasteiger partial charge in [-0.3, -0.25) is 9.69 Å². The molecule has 0 spiro atoms. The van der Waals surface area contributed by atoms with Crippen LogP contribution in [-0.4, -0.2) is 42.4 Å². The minimum atomic E-state index is 0.0612. The highest BCUT2D eigenvalue weighted by molar-refractivity contribution is 6.18. The molecule has 1 saturated heterocycles. The molecule has 1 rings (SSSR count). The lowest BCUT2D eigenvalue weighted by molar-refractivity contribution is -0.120. The Bertz CT molecular complexity index is 181. The minimum Gasteiger partial charge on any atom is -0.355 e. The van der Waals surface area contributed by atoms with E-state index in [1.165, 1.54) is 25.9 Å². The maximum atomic E-state index is 11.1. The van der Waals surface area contributed by atoms with Gasteiger partial charge in [-0.05, 0) is 32.9 Å². The molecule has 0 aromatic heterocycles. The Morgan fingerprint density at radius 3 is 2.71 bits per heavy atom. The van der Waals surface area contributed by atoms with Gasteiger partial charge >= 0.3 is 0 Å². The number of carbonyl (C=O) groups is 1. The Balaban J connectivity index is 2.13. The first kappa shape index (κ1) is 11.8. The van der Waals surface area contributed by atoms with Gasteiger partial charge in [0.25, 0.3) is 0 Å². The molecule has 1 aliphatic rings. The van der Waals surface area contributed by atoms with Gasteiger partial charge in [0.2, 0.25) is 5.91 Å². The zero-order chi connectivity index (χ0) is 10.4. The summed E-state index contributed by atoms with van der Waals surface area (Å²) >= 11 is 5.47. The predicted molar refractivity (Wildman–Crippen MR) is 58.6 cm³/mol. The molecule has 82 valence electrons. The fraction of sp³-hybridized carbons (Fsp3) is 0.900. The van der Waals surface area contributed by atoms with E-state index in [2.05, 4.69) is 17.1 Å². The maximum absolute atomic E-state index is 11.1. The van der Waals surface area contributed by atoms with Crippen molar-refractivity contribution >= 4 is 17.5 Å². The van der Waals surface area contributed by atoms with Gasteiger partial charge in [-0.2, -0.15) is 0 Å². The van der Waals surface area contributed by atoms with Gasteiger partial charge in [0.05, 0.1) is 0 Å². The van der Waals surface area contributed by atoms with Crippen LogP contribution >= 0.6 is 11.6 Å². The quantitative estimate of drug-likeness (QED) is 0.704. The highest BCUT2D eigenvalue weighted by atomic mass is 35.5. The first-order valence-corrected chi connectivity index (χ1v) is 5.84. The molecule has 0 bridgehead atoms. The van der Waals surface area contributed by atoms with Crippen molar-refractivity contribution in [2.75, 3.05) is 25.5 Å². The fourth-order valence-electron chi connectivity index (χ4n) is 1.75. The zero-order valence-corrected chi connectivity index (χ0v) is 9.52. The number of alkyl halides is 1. The topological polar surface area (TPSA) is 32.3 Å². The number of nitrogens with zero attached hydrogens (tertiary/aromatic N) is 1.